The zero-order valence-corrected chi connectivity index (χ0v) is 26.5. The summed E-state index contributed by atoms with van der Waals surface area (Å²) in [7, 11) is 1.73. The van der Waals surface area contributed by atoms with Crippen LogP contribution in [0.1, 0.15) is 56.8 Å². The molecule has 1 aliphatic heterocycles. The SMILES string of the molecule is COCCCn1c([C@@H]2CCCN(C(=O)C[C@H](N)Cc3ccc(-c4ccc(NC(=O)C(C)(C)O)cc4)cc3)C2)nc2ccccc21. The second kappa shape index (κ2) is 14.4. The third kappa shape index (κ3) is 8.16. The molecule has 1 aliphatic rings. The first-order chi connectivity index (χ1) is 21.6. The third-order valence-electron chi connectivity index (χ3n) is 8.47. The normalized spacial score (nSPS) is 16.1. The molecule has 0 aliphatic carbocycles. The maximum Gasteiger partial charge on any atom is 0.255 e. The van der Waals surface area contributed by atoms with E-state index in [1.165, 1.54) is 13.8 Å². The highest BCUT2D eigenvalue weighted by Gasteiger charge is 2.29. The molecule has 5 rings (SSSR count). The van der Waals surface area contributed by atoms with Gasteiger partial charge in [-0.2, -0.15) is 0 Å². The number of methoxy groups -OCH3 is 1. The van der Waals surface area contributed by atoms with Gasteiger partial charge in [-0.15, -0.1) is 0 Å². The van der Waals surface area contributed by atoms with Gasteiger partial charge in [0.05, 0.1) is 11.0 Å². The van der Waals surface area contributed by atoms with Crippen molar-refractivity contribution in [2.75, 3.05) is 32.1 Å². The van der Waals surface area contributed by atoms with Crippen LogP contribution in [0.15, 0.2) is 72.8 Å². The summed E-state index contributed by atoms with van der Waals surface area (Å²) < 4.78 is 7.61. The average molecular weight is 612 g/mol. The van der Waals surface area contributed by atoms with Gasteiger partial charge in [0.2, 0.25) is 5.91 Å². The van der Waals surface area contributed by atoms with Crippen molar-refractivity contribution in [2.45, 2.75) is 70.1 Å². The number of likely N-dealkylation sites (tertiary alicyclic amines) is 1. The number of carbonyl (C=O) groups is 2. The van der Waals surface area contributed by atoms with E-state index in [2.05, 4.69) is 34.1 Å². The number of aryl methyl sites for hydroxylation is 1. The maximum atomic E-state index is 13.4. The standard InChI is InChI=1S/C36H45N5O4/c1-36(2,44)35(43)38-30-17-15-27(16-18-30)26-13-11-25(12-14-26)22-29(37)23-33(42)40-19-6-8-28(24-40)34-39-31-9-4-5-10-32(31)41(34)20-7-21-45-3/h4-5,9-18,28-29,44H,6-8,19-24,37H2,1-3H3,(H,38,43)/t28-,29-/m1/s1. The number of fused-ring (bicyclic) bond motifs is 1. The Bertz CT molecular complexity index is 1590. The number of benzene rings is 3. The minimum absolute atomic E-state index is 0.0997. The van der Waals surface area contributed by atoms with Crippen molar-refractivity contribution in [1.29, 1.82) is 0 Å². The van der Waals surface area contributed by atoms with E-state index in [0.29, 0.717) is 31.7 Å². The van der Waals surface area contributed by atoms with Crippen LogP contribution in [0.2, 0.25) is 0 Å². The van der Waals surface area contributed by atoms with E-state index in [0.717, 1.165) is 65.9 Å². The number of amides is 2. The summed E-state index contributed by atoms with van der Waals surface area (Å²) in [6.45, 7) is 5.85. The van der Waals surface area contributed by atoms with E-state index in [4.69, 9.17) is 15.5 Å². The zero-order chi connectivity index (χ0) is 32.0. The summed E-state index contributed by atoms with van der Waals surface area (Å²) in [5.41, 5.74) is 10.9. The van der Waals surface area contributed by atoms with Crippen molar-refractivity contribution in [2.24, 2.45) is 5.73 Å². The molecule has 1 aromatic heterocycles. The Kier molecular flexibility index (Phi) is 10.3. The van der Waals surface area contributed by atoms with Crippen molar-refractivity contribution in [1.82, 2.24) is 14.5 Å². The topological polar surface area (TPSA) is 123 Å². The molecule has 45 heavy (non-hydrogen) atoms. The maximum absolute atomic E-state index is 13.4. The molecule has 9 heteroatoms. The first-order valence-electron chi connectivity index (χ1n) is 15.8. The van der Waals surface area contributed by atoms with Gasteiger partial charge in [-0.05, 0) is 80.5 Å². The molecular weight excluding hydrogens is 566 g/mol. The number of piperidine rings is 1. The molecule has 0 spiro atoms. The number of imidazole rings is 1. The fourth-order valence-electron chi connectivity index (χ4n) is 6.01. The van der Waals surface area contributed by atoms with Gasteiger partial charge in [0, 0.05) is 57.4 Å². The number of ether oxygens (including phenoxy) is 1. The van der Waals surface area contributed by atoms with E-state index in [1.807, 2.05) is 53.4 Å². The van der Waals surface area contributed by atoms with E-state index in [-0.39, 0.29) is 17.9 Å². The third-order valence-corrected chi connectivity index (χ3v) is 8.47. The fourth-order valence-corrected chi connectivity index (χ4v) is 6.01. The number of aromatic nitrogens is 2. The highest BCUT2D eigenvalue weighted by molar-refractivity contribution is 5.96. The zero-order valence-electron chi connectivity index (χ0n) is 26.5. The van der Waals surface area contributed by atoms with Gasteiger partial charge in [0.1, 0.15) is 11.4 Å². The molecule has 4 N–H and O–H groups in total. The Morgan fingerprint density at radius 2 is 1.76 bits per heavy atom. The molecular formula is C36H45N5O4. The molecule has 0 unspecified atom stereocenters. The van der Waals surface area contributed by atoms with E-state index in [1.54, 1.807) is 7.11 Å². The van der Waals surface area contributed by atoms with Crippen LogP contribution >= 0.6 is 0 Å². The average Bonchev–Trinajstić information content (AvgIpc) is 3.40. The molecule has 2 amide bonds. The lowest BCUT2D eigenvalue weighted by atomic mass is 9.95. The van der Waals surface area contributed by atoms with Crippen molar-refractivity contribution >= 4 is 28.5 Å². The first kappa shape index (κ1) is 32.3. The molecule has 2 heterocycles. The summed E-state index contributed by atoms with van der Waals surface area (Å²) >= 11 is 0. The Hall–Kier alpha value is -4.05. The van der Waals surface area contributed by atoms with Crippen LogP contribution in [0.4, 0.5) is 5.69 Å². The van der Waals surface area contributed by atoms with Crippen molar-refractivity contribution in [3.63, 3.8) is 0 Å². The van der Waals surface area contributed by atoms with Gasteiger partial charge in [0.25, 0.3) is 5.91 Å². The molecule has 9 nitrogen and oxygen atoms in total. The highest BCUT2D eigenvalue weighted by atomic mass is 16.5. The monoisotopic (exact) mass is 611 g/mol. The largest absolute Gasteiger partial charge is 0.385 e. The minimum Gasteiger partial charge on any atom is -0.385 e. The fraction of sp³-hybridized carbons (Fsp3) is 0.417. The van der Waals surface area contributed by atoms with Crippen LogP contribution in [0.3, 0.4) is 0 Å². The molecule has 0 radical (unpaired) electrons. The van der Waals surface area contributed by atoms with Crippen LogP contribution in [0.5, 0.6) is 0 Å². The summed E-state index contributed by atoms with van der Waals surface area (Å²) in [5.74, 6) is 0.891. The quantitative estimate of drug-likeness (QED) is 0.191. The van der Waals surface area contributed by atoms with Crippen molar-refractivity contribution in [3.05, 3.63) is 84.2 Å². The molecule has 3 aromatic carbocycles. The van der Waals surface area contributed by atoms with E-state index in [9.17, 15) is 14.7 Å². The highest BCUT2D eigenvalue weighted by Crippen LogP contribution is 2.30. The van der Waals surface area contributed by atoms with Gasteiger partial charge >= 0.3 is 0 Å². The van der Waals surface area contributed by atoms with E-state index < -0.39 is 11.5 Å². The number of nitrogens with two attached hydrogens (primary N) is 1. The Balaban J connectivity index is 1.16. The summed E-state index contributed by atoms with van der Waals surface area (Å²) in [5, 5.41) is 12.6. The predicted octanol–water partition coefficient (Wildman–Crippen LogP) is 5.12. The lowest BCUT2D eigenvalue weighted by molar-refractivity contribution is -0.133. The second-order valence-electron chi connectivity index (χ2n) is 12.6. The van der Waals surface area contributed by atoms with Crippen molar-refractivity contribution < 1.29 is 19.4 Å². The molecule has 4 aromatic rings. The first-order valence-corrected chi connectivity index (χ1v) is 15.8. The van der Waals surface area contributed by atoms with Crippen LogP contribution < -0.4 is 11.1 Å². The molecule has 0 saturated carbocycles. The van der Waals surface area contributed by atoms with Gasteiger partial charge in [-0.1, -0.05) is 48.5 Å². The minimum atomic E-state index is -1.44. The van der Waals surface area contributed by atoms with Crippen LogP contribution in [0, 0.1) is 0 Å². The lowest BCUT2D eigenvalue weighted by Crippen LogP contribution is -2.42. The van der Waals surface area contributed by atoms with Crippen molar-refractivity contribution in [3.8, 4) is 11.1 Å². The summed E-state index contributed by atoms with van der Waals surface area (Å²) in [6.07, 6.45) is 3.78. The summed E-state index contributed by atoms with van der Waals surface area (Å²) in [4.78, 5) is 32.4. The number of hydrogen-bond donors (Lipinski definition) is 3. The Labute approximate surface area is 265 Å². The second-order valence-corrected chi connectivity index (χ2v) is 12.6. The Morgan fingerprint density at radius 3 is 2.44 bits per heavy atom. The summed E-state index contributed by atoms with van der Waals surface area (Å²) in [6, 6.07) is 23.6. The number of para-hydroxylation sites is 2. The number of anilines is 1. The number of nitrogens with zero attached hydrogens (tertiary/aromatic N) is 3. The molecule has 238 valence electrons. The number of rotatable bonds is 12. The van der Waals surface area contributed by atoms with Crippen LogP contribution in [-0.4, -0.2) is 69.8 Å². The van der Waals surface area contributed by atoms with Gasteiger partial charge in [0.15, 0.2) is 0 Å². The van der Waals surface area contributed by atoms with Gasteiger partial charge in [-0.25, -0.2) is 4.98 Å². The lowest BCUT2D eigenvalue weighted by Gasteiger charge is -2.33. The molecule has 1 saturated heterocycles. The molecule has 1 fully saturated rings. The predicted molar refractivity (Wildman–Crippen MR) is 178 cm³/mol. The Morgan fingerprint density at radius 1 is 1.07 bits per heavy atom. The van der Waals surface area contributed by atoms with Crippen LogP contribution in [-0.2, 0) is 27.3 Å². The smallest absolute Gasteiger partial charge is 0.255 e. The number of nitrogens with one attached hydrogen (secondary N) is 1. The van der Waals surface area contributed by atoms with Gasteiger partial charge in [-0.3, -0.25) is 9.59 Å². The number of aliphatic hydroxyl groups is 1. The van der Waals surface area contributed by atoms with Gasteiger partial charge < -0.3 is 30.4 Å². The molecule has 2 atom stereocenters. The van der Waals surface area contributed by atoms with E-state index >= 15 is 0 Å². The number of hydrogen-bond acceptors (Lipinski definition) is 6. The molecule has 0 bridgehead atoms. The number of carbonyl (C=O) groups excluding carboxylic acids is 2. The van der Waals surface area contributed by atoms with Crippen LogP contribution in [0.25, 0.3) is 22.2 Å².